The van der Waals surface area contributed by atoms with Gasteiger partial charge in [-0.15, -0.1) is 0 Å². The normalized spacial score (nSPS) is 10.6. The topological polar surface area (TPSA) is 37.4 Å². The summed E-state index contributed by atoms with van der Waals surface area (Å²) in [7, 11) is 0. The van der Waals surface area contributed by atoms with Crippen molar-refractivity contribution in [1.29, 1.82) is 0 Å². The lowest BCUT2D eigenvalue weighted by molar-refractivity contribution is 0.111. The van der Waals surface area contributed by atoms with E-state index in [1.165, 1.54) is 27.8 Å². The Labute approximate surface area is 166 Å². The minimum Gasteiger partial charge on any atom is -0.310 e. The van der Waals surface area contributed by atoms with Gasteiger partial charge in [-0.1, -0.05) is 0 Å². The molecule has 3 aromatic rings. The van der Waals surface area contributed by atoms with E-state index in [1.807, 2.05) is 48.5 Å². The predicted octanol–water partition coefficient (Wildman–Crippen LogP) is 6.32. The Bertz CT molecular complexity index is 951. The molecule has 0 amide bonds. The van der Waals surface area contributed by atoms with Crippen molar-refractivity contribution >= 4 is 29.6 Å². The summed E-state index contributed by atoms with van der Waals surface area (Å²) in [6.07, 6.45) is 1.70. The number of nitrogens with zero attached hydrogens (tertiary/aromatic N) is 1. The second-order valence-corrected chi connectivity index (χ2v) is 7.23. The van der Waals surface area contributed by atoms with Crippen LogP contribution in [0.15, 0.2) is 48.5 Å². The SMILES string of the molecule is Cc1c(C)c(C)c(N(c2ccc(C=O)cc2)c2ccc(C=O)cc2)c(C)c1C. The molecule has 3 nitrogen and oxygen atoms in total. The van der Waals surface area contributed by atoms with Crippen LogP contribution in [0.3, 0.4) is 0 Å². The third kappa shape index (κ3) is 3.36. The van der Waals surface area contributed by atoms with Crippen molar-refractivity contribution in [3.8, 4) is 0 Å². The molecule has 142 valence electrons. The predicted molar refractivity (Wildman–Crippen MR) is 116 cm³/mol. The van der Waals surface area contributed by atoms with Gasteiger partial charge < -0.3 is 4.90 Å². The third-order valence-corrected chi connectivity index (χ3v) is 5.76. The molecule has 0 N–H and O–H groups in total. The van der Waals surface area contributed by atoms with Crippen LogP contribution in [-0.2, 0) is 0 Å². The Kier molecular flexibility index (Phi) is 5.46. The summed E-state index contributed by atoms with van der Waals surface area (Å²) in [6.45, 7) is 10.8. The molecule has 3 heteroatoms. The molecule has 0 aliphatic rings. The highest BCUT2D eigenvalue weighted by molar-refractivity contribution is 5.85. The molecule has 0 radical (unpaired) electrons. The zero-order valence-electron chi connectivity index (χ0n) is 17.0. The second kappa shape index (κ2) is 7.81. The van der Waals surface area contributed by atoms with Crippen molar-refractivity contribution in [3.05, 3.63) is 87.5 Å². The lowest BCUT2D eigenvalue weighted by Gasteiger charge is -2.31. The Hall–Kier alpha value is -3.20. The largest absolute Gasteiger partial charge is 0.310 e. The van der Waals surface area contributed by atoms with Crippen molar-refractivity contribution < 1.29 is 9.59 Å². The number of hydrogen-bond acceptors (Lipinski definition) is 3. The number of carbonyl (C=O) groups excluding carboxylic acids is 2. The van der Waals surface area contributed by atoms with Gasteiger partial charge in [0.15, 0.2) is 0 Å². The fourth-order valence-corrected chi connectivity index (χ4v) is 3.63. The summed E-state index contributed by atoms with van der Waals surface area (Å²) in [6, 6.07) is 15.1. The van der Waals surface area contributed by atoms with Crippen LogP contribution < -0.4 is 4.90 Å². The van der Waals surface area contributed by atoms with Gasteiger partial charge in [0, 0.05) is 22.5 Å². The van der Waals surface area contributed by atoms with Crippen molar-refractivity contribution in [3.63, 3.8) is 0 Å². The minimum atomic E-state index is 0.643. The second-order valence-electron chi connectivity index (χ2n) is 7.23. The van der Waals surface area contributed by atoms with E-state index in [0.717, 1.165) is 29.6 Å². The molecule has 3 rings (SSSR count). The Morgan fingerprint density at radius 1 is 0.536 bits per heavy atom. The molecule has 28 heavy (non-hydrogen) atoms. The highest BCUT2D eigenvalue weighted by Crippen LogP contribution is 2.41. The molecule has 0 spiro atoms. The summed E-state index contributed by atoms with van der Waals surface area (Å²) in [5.41, 5.74) is 10.7. The number of benzene rings is 3. The van der Waals surface area contributed by atoms with Crippen molar-refractivity contribution in [2.75, 3.05) is 4.90 Å². The maximum Gasteiger partial charge on any atom is 0.150 e. The van der Waals surface area contributed by atoms with Crippen molar-refractivity contribution in [1.82, 2.24) is 0 Å². The molecule has 3 aromatic carbocycles. The summed E-state index contributed by atoms with van der Waals surface area (Å²) >= 11 is 0. The number of carbonyl (C=O) groups is 2. The highest BCUT2D eigenvalue weighted by atomic mass is 16.1. The first-order valence-electron chi connectivity index (χ1n) is 9.36. The van der Waals surface area contributed by atoms with Gasteiger partial charge in [0.2, 0.25) is 0 Å². The maximum absolute atomic E-state index is 11.1. The fraction of sp³-hybridized carbons (Fsp3) is 0.200. The average molecular weight is 371 g/mol. The van der Waals surface area contributed by atoms with E-state index in [0.29, 0.717) is 11.1 Å². The lowest BCUT2D eigenvalue weighted by Crippen LogP contribution is -2.15. The molecule has 0 aromatic heterocycles. The van der Waals surface area contributed by atoms with Gasteiger partial charge in [0.25, 0.3) is 0 Å². The van der Waals surface area contributed by atoms with Crippen LogP contribution in [0.25, 0.3) is 0 Å². The number of rotatable bonds is 5. The van der Waals surface area contributed by atoms with Crippen LogP contribution in [-0.4, -0.2) is 12.6 Å². The first-order chi connectivity index (χ1) is 13.4. The van der Waals surface area contributed by atoms with E-state index in [9.17, 15) is 9.59 Å². The molecular formula is C25H25NO2. The van der Waals surface area contributed by atoms with Gasteiger partial charge in [0.1, 0.15) is 12.6 Å². The average Bonchev–Trinajstić information content (AvgIpc) is 2.74. The minimum absolute atomic E-state index is 0.643. The van der Waals surface area contributed by atoms with Crippen LogP contribution in [0, 0.1) is 34.6 Å². The van der Waals surface area contributed by atoms with Crippen molar-refractivity contribution in [2.45, 2.75) is 34.6 Å². The van der Waals surface area contributed by atoms with Gasteiger partial charge in [-0.05, 0) is 111 Å². The van der Waals surface area contributed by atoms with Crippen LogP contribution in [0.4, 0.5) is 17.1 Å². The van der Waals surface area contributed by atoms with E-state index in [-0.39, 0.29) is 0 Å². The molecule has 0 bridgehead atoms. The molecule has 0 atom stereocenters. The third-order valence-electron chi connectivity index (χ3n) is 5.76. The van der Waals surface area contributed by atoms with E-state index >= 15 is 0 Å². The molecule has 0 aliphatic carbocycles. The van der Waals surface area contributed by atoms with Crippen molar-refractivity contribution in [2.24, 2.45) is 0 Å². The zero-order chi connectivity index (χ0) is 20.4. The van der Waals surface area contributed by atoms with Gasteiger partial charge >= 0.3 is 0 Å². The van der Waals surface area contributed by atoms with Crippen LogP contribution in [0.5, 0.6) is 0 Å². The van der Waals surface area contributed by atoms with Crippen LogP contribution >= 0.6 is 0 Å². The standard InChI is InChI=1S/C25H25NO2/c1-16-17(2)19(4)25(20(5)18(16)3)26(23-10-6-21(14-27)7-11-23)24-12-8-22(15-28)9-13-24/h6-15H,1-5H3. The molecule has 0 saturated heterocycles. The fourth-order valence-electron chi connectivity index (χ4n) is 3.63. The molecule has 0 aliphatic heterocycles. The zero-order valence-corrected chi connectivity index (χ0v) is 17.0. The summed E-state index contributed by atoms with van der Waals surface area (Å²) in [4.78, 5) is 24.4. The van der Waals surface area contributed by atoms with Gasteiger partial charge in [0.05, 0.1) is 5.69 Å². The maximum atomic E-state index is 11.1. The first kappa shape index (κ1) is 19.6. The summed E-state index contributed by atoms with van der Waals surface area (Å²) in [5, 5.41) is 0. The highest BCUT2D eigenvalue weighted by Gasteiger charge is 2.20. The number of hydrogen-bond donors (Lipinski definition) is 0. The quantitative estimate of drug-likeness (QED) is 0.492. The molecule has 0 unspecified atom stereocenters. The first-order valence-corrected chi connectivity index (χ1v) is 9.36. The Balaban J connectivity index is 2.30. The summed E-state index contributed by atoms with van der Waals surface area (Å²) < 4.78 is 0. The van der Waals surface area contributed by atoms with Crippen LogP contribution in [0.1, 0.15) is 48.5 Å². The van der Waals surface area contributed by atoms with E-state index in [1.54, 1.807) is 0 Å². The smallest absolute Gasteiger partial charge is 0.150 e. The number of aldehydes is 2. The summed E-state index contributed by atoms with van der Waals surface area (Å²) in [5.74, 6) is 0. The number of anilines is 3. The van der Waals surface area contributed by atoms with E-state index in [4.69, 9.17) is 0 Å². The Morgan fingerprint density at radius 3 is 1.18 bits per heavy atom. The van der Waals surface area contributed by atoms with Gasteiger partial charge in [-0.3, -0.25) is 9.59 Å². The Morgan fingerprint density at radius 2 is 0.857 bits per heavy atom. The van der Waals surface area contributed by atoms with Gasteiger partial charge in [-0.25, -0.2) is 0 Å². The molecular weight excluding hydrogens is 346 g/mol. The molecule has 0 saturated carbocycles. The molecule has 0 fully saturated rings. The molecule has 0 heterocycles. The monoisotopic (exact) mass is 371 g/mol. The van der Waals surface area contributed by atoms with Crippen LogP contribution in [0.2, 0.25) is 0 Å². The van der Waals surface area contributed by atoms with E-state index in [2.05, 4.69) is 39.5 Å². The van der Waals surface area contributed by atoms with Gasteiger partial charge in [-0.2, -0.15) is 0 Å². The lowest BCUT2D eigenvalue weighted by atomic mass is 9.91. The van der Waals surface area contributed by atoms with E-state index < -0.39 is 0 Å².